The number of nitrogens with zero attached hydrogens (tertiary/aromatic N) is 2. The van der Waals surface area contributed by atoms with Crippen molar-refractivity contribution in [3.8, 4) is 6.19 Å². The first-order valence-corrected chi connectivity index (χ1v) is 3.30. The van der Waals surface area contributed by atoms with Crippen molar-refractivity contribution in [1.82, 2.24) is 5.32 Å². The number of hydrogen-bond acceptors (Lipinski definition) is 3. The molecular formula is C7H8N4O. The first-order valence-electron chi connectivity index (χ1n) is 3.30. The second-order valence-corrected chi connectivity index (χ2v) is 2.02. The molecule has 0 saturated heterocycles. The molecule has 0 aliphatic heterocycles. The van der Waals surface area contributed by atoms with E-state index in [9.17, 15) is 0 Å². The van der Waals surface area contributed by atoms with E-state index in [2.05, 4.69) is 10.3 Å². The van der Waals surface area contributed by atoms with Gasteiger partial charge in [0.05, 0.1) is 6.26 Å². The maximum absolute atomic E-state index is 8.15. The molecule has 0 atom stereocenters. The van der Waals surface area contributed by atoms with Crippen LogP contribution < -0.4 is 11.1 Å². The minimum atomic E-state index is 0.0916. The Morgan fingerprint density at radius 2 is 2.67 bits per heavy atom. The lowest BCUT2D eigenvalue weighted by molar-refractivity contribution is 0.512. The molecule has 5 nitrogen and oxygen atoms in total. The molecule has 0 aliphatic carbocycles. The summed E-state index contributed by atoms with van der Waals surface area (Å²) in [7, 11) is 0. The molecule has 0 aliphatic rings. The zero-order valence-corrected chi connectivity index (χ0v) is 6.32. The Balaban J connectivity index is 2.45. The molecule has 0 spiro atoms. The molecule has 62 valence electrons. The Morgan fingerprint density at radius 3 is 3.25 bits per heavy atom. The third-order valence-electron chi connectivity index (χ3n) is 1.17. The van der Waals surface area contributed by atoms with E-state index in [0.29, 0.717) is 12.3 Å². The van der Waals surface area contributed by atoms with E-state index in [0.717, 1.165) is 0 Å². The van der Waals surface area contributed by atoms with Gasteiger partial charge in [-0.15, -0.1) is 0 Å². The SMILES string of the molecule is N#CNC(N)=NCc1ccco1. The monoisotopic (exact) mass is 164 g/mol. The van der Waals surface area contributed by atoms with Crippen LogP contribution in [0.3, 0.4) is 0 Å². The van der Waals surface area contributed by atoms with Crippen LogP contribution >= 0.6 is 0 Å². The molecule has 5 heteroatoms. The first kappa shape index (κ1) is 8.14. The number of nitrogens with one attached hydrogen (secondary N) is 1. The molecular weight excluding hydrogens is 156 g/mol. The number of guanidine groups is 1. The van der Waals surface area contributed by atoms with Crippen molar-refractivity contribution in [2.75, 3.05) is 0 Å². The molecule has 0 saturated carbocycles. The van der Waals surface area contributed by atoms with Gasteiger partial charge in [0.1, 0.15) is 12.3 Å². The highest BCUT2D eigenvalue weighted by molar-refractivity contribution is 5.79. The van der Waals surface area contributed by atoms with Crippen molar-refractivity contribution in [1.29, 1.82) is 5.26 Å². The van der Waals surface area contributed by atoms with Crippen LogP contribution in [-0.4, -0.2) is 5.96 Å². The van der Waals surface area contributed by atoms with Gasteiger partial charge in [0, 0.05) is 0 Å². The van der Waals surface area contributed by atoms with E-state index >= 15 is 0 Å². The van der Waals surface area contributed by atoms with Crippen LogP contribution in [0.25, 0.3) is 0 Å². The van der Waals surface area contributed by atoms with E-state index in [1.807, 2.05) is 0 Å². The van der Waals surface area contributed by atoms with Crippen LogP contribution in [-0.2, 0) is 6.54 Å². The molecule has 0 aromatic carbocycles. The summed E-state index contributed by atoms with van der Waals surface area (Å²) >= 11 is 0. The third-order valence-corrected chi connectivity index (χ3v) is 1.17. The number of aliphatic imine (C=N–C) groups is 1. The summed E-state index contributed by atoms with van der Waals surface area (Å²) < 4.78 is 4.99. The van der Waals surface area contributed by atoms with Gasteiger partial charge in [0.2, 0.25) is 5.96 Å². The average Bonchev–Trinajstić information content (AvgIpc) is 2.53. The molecule has 1 aromatic heterocycles. The van der Waals surface area contributed by atoms with Gasteiger partial charge < -0.3 is 10.2 Å². The summed E-state index contributed by atoms with van der Waals surface area (Å²) in [5, 5.41) is 10.3. The van der Waals surface area contributed by atoms with E-state index in [1.165, 1.54) is 0 Å². The molecule has 0 bridgehead atoms. The Morgan fingerprint density at radius 1 is 1.83 bits per heavy atom. The van der Waals surface area contributed by atoms with Gasteiger partial charge in [-0.25, -0.2) is 4.99 Å². The Labute approximate surface area is 69.5 Å². The minimum absolute atomic E-state index is 0.0916. The Hall–Kier alpha value is -1.96. The molecule has 3 N–H and O–H groups in total. The fourth-order valence-corrected chi connectivity index (χ4v) is 0.662. The number of furan rings is 1. The number of hydrogen-bond donors (Lipinski definition) is 2. The van der Waals surface area contributed by atoms with Gasteiger partial charge in [-0.1, -0.05) is 0 Å². The highest BCUT2D eigenvalue weighted by Crippen LogP contribution is 2.00. The van der Waals surface area contributed by atoms with Crippen molar-refractivity contribution in [2.24, 2.45) is 10.7 Å². The molecule has 12 heavy (non-hydrogen) atoms. The zero-order valence-electron chi connectivity index (χ0n) is 6.32. The minimum Gasteiger partial charge on any atom is -0.467 e. The molecule has 1 aromatic rings. The number of nitrogens with two attached hydrogens (primary N) is 1. The van der Waals surface area contributed by atoms with E-state index in [1.54, 1.807) is 24.6 Å². The lowest BCUT2D eigenvalue weighted by Gasteiger charge is -1.93. The van der Waals surface area contributed by atoms with Crippen molar-refractivity contribution in [2.45, 2.75) is 6.54 Å². The van der Waals surface area contributed by atoms with Crippen molar-refractivity contribution < 1.29 is 4.42 Å². The second-order valence-electron chi connectivity index (χ2n) is 2.02. The van der Waals surface area contributed by atoms with Crippen molar-refractivity contribution in [3.05, 3.63) is 24.2 Å². The summed E-state index contributed by atoms with van der Waals surface area (Å²) in [6.45, 7) is 0.341. The van der Waals surface area contributed by atoms with Crippen molar-refractivity contribution in [3.63, 3.8) is 0 Å². The lowest BCUT2D eigenvalue weighted by atomic mass is 10.5. The topological polar surface area (TPSA) is 87.3 Å². The molecule has 1 rings (SSSR count). The number of nitriles is 1. The Bertz CT molecular complexity index is 296. The maximum atomic E-state index is 8.15. The van der Waals surface area contributed by atoms with Crippen molar-refractivity contribution >= 4 is 5.96 Å². The first-order chi connectivity index (χ1) is 5.83. The zero-order chi connectivity index (χ0) is 8.81. The summed E-state index contributed by atoms with van der Waals surface area (Å²) in [6.07, 6.45) is 3.22. The molecule has 1 heterocycles. The second kappa shape index (κ2) is 4.03. The van der Waals surface area contributed by atoms with Crippen LogP contribution in [0.5, 0.6) is 0 Å². The van der Waals surface area contributed by atoms with E-state index < -0.39 is 0 Å². The van der Waals surface area contributed by atoms with Gasteiger partial charge >= 0.3 is 0 Å². The summed E-state index contributed by atoms with van der Waals surface area (Å²) in [6, 6.07) is 3.54. The van der Waals surface area contributed by atoms with Gasteiger partial charge in [-0.05, 0) is 12.1 Å². The van der Waals surface area contributed by atoms with Gasteiger partial charge in [-0.2, -0.15) is 5.26 Å². The average molecular weight is 164 g/mol. The van der Waals surface area contributed by atoms with Crippen LogP contribution in [0.15, 0.2) is 27.8 Å². The van der Waals surface area contributed by atoms with E-state index in [4.69, 9.17) is 15.4 Å². The van der Waals surface area contributed by atoms with Gasteiger partial charge in [0.15, 0.2) is 6.19 Å². The summed E-state index contributed by atoms with van der Waals surface area (Å²) in [5.41, 5.74) is 5.28. The molecule has 0 fully saturated rings. The fourth-order valence-electron chi connectivity index (χ4n) is 0.662. The molecule has 0 amide bonds. The lowest BCUT2D eigenvalue weighted by Crippen LogP contribution is -2.27. The third kappa shape index (κ3) is 2.34. The van der Waals surface area contributed by atoms with Gasteiger partial charge in [-0.3, -0.25) is 5.32 Å². The summed E-state index contributed by atoms with van der Waals surface area (Å²) in [5.74, 6) is 0.798. The Kier molecular flexibility index (Phi) is 2.73. The quantitative estimate of drug-likeness (QED) is 0.282. The maximum Gasteiger partial charge on any atom is 0.202 e. The van der Waals surface area contributed by atoms with Gasteiger partial charge in [0.25, 0.3) is 0 Å². The number of rotatable bonds is 2. The predicted molar refractivity (Wildman–Crippen MR) is 42.8 cm³/mol. The van der Waals surface area contributed by atoms with Crippen LogP contribution in [0.2, 0.25) is 0 Å². The highest BCUT2D eigenvalue weighted by atomic mass is 16.3. The summed E-state index contributed by atoms with van der Waals surface area (Å²) in [4.78, 5) is 3.82. The highest BCUT2D eigenvalue weighted by Gasteiger charge is 1.93. The van der Waals surface area contributed by atoms with Crippen LogP contribution in [0, 0.1) is 11.5 Å². The smallest absolute Gasteiger partial charge is 0.202 e. The van der Waals surface area contributed by atoms with E-state index in [-0.39, 0.29) is 5.96 Å². The molecule has 0 unspecified atom stereocenters. The molecule has 0 radical (unpaired) electrons. The fraction of sp³-hybridized carbons (Fsp3) is 0.143. The van der Waals surface area contributed by atoms with Crippen LogP contribution in [0.1, 0.15) is 5.76 Å². The predicted octanol–water partition coefficient (Wildman–Crippen LogP) is 0.165. The largest absolute Gasteiger partial charge is 0.467 e. The normalized spacial score (nSPS) is 10.8. The standard InChI is InChI=1S/C7H8N4O/c8-5-11-7(9)10-4-6-2-1-3-12-6/h1-3H,4H2,(H3,9,10,11). The van der Waals surface area contributed by atoms with Crippen LogP contribution in [0.4, 0.5) is 0 Å².